The molecule has 0 N–H and O–H groups in total. The molecular formula is C20H17FN6OS. The Balaban J connectivity index is 1.57. The monoisotopic (exact) mass is 408 g/mol. The minimum Gasteiger partial charge on any atom is -0.381 e. The normalized spacial score (nSPS) is 15.8. The molecule has 0 saturated carbocycles. The van der Waals surface area contributed by atoms with E-state index in [1.807, 2.05) is 6.20 Å². The van der Waals surface area contributed by atoms with Crippen LogP contribution >= 0.6 is 11.3 Å². The van der Waals surface area contributed by atoms with Crippen molar-refractivity contribution < 1.29 is 9.13 Å². The lowest BCUT2D eigenvalue weighted by Gasteiger charge is -2.26. The summed E-state index contributed by atoms with van der Waals surface area (Å²) in [4.78, 5) is 14.9. The molecule has 0 amide bonds. The Morgan fingerprint density at radius 3 is 2.93 bits per heavy atom. The Kier molecular flexibility index (Phi) is 3.85. The fourth-order valence-electron chi connectivity index (χ4n) is 4.19. The molecule has 6 rings (SSSR count). The van der Waals surface area contributed by atoms with Crippen molar-refractivity contribution >= 4 is 38.2 Å². The van der Waals surface area contributed by atoms with E-state index >= 15 is 0 Å². The predicted octanol–water partition coefficient (Wildman–Crippen LogP) is 3.77. The van der Waals surface area contributed by atoms with Crippen molar-refractivity contribution in [2.24, 2.45) is 0 Å². The summed E-state index contributed by atoms with van der Waals surface area (Å²) < 4.78 is 23.7. The fraction of sp³-hybridized carbons (Fsp3) is 0.300. The van der Waals surface area contributed by atoms with E-state index in [9.17, 15) is 4.39 Å². The first-order valence-electron chi connectivity index (χ1n) is 9.57. The minimum absolute atomic E-state index is 0.250. The van der Waals surface area contributed by atoms with Crippen LogP contribution in [0.2, 0.25) is 0 Å². The van der Waals surface area contributed by atoms with Gasteiger partial charge in [0.1, 0.15) is 22.7 Å². The van der Waals surface area contributed by atoms with E-state index in [0.717, 1.165) is 51.3 Å². The second kappa shape index (κ2) is 6.57. The molecule has 1 aromatic carbocycles. The zero-order valence-electron chi connectivity index (χ0n) is 15.5. The Morgan fingerprint density at radius 2 is 2.07 bits per heavy atom. The molecule has 0 radical (unpaired) electrons. The molecule has 9 heteroatoms. The van der Waals surface area contributed by atoms with Crippen molar-refractivity contribution in [2.75, 3.05) is 13.2 Å². The summed E-state index contributed by atoms with van der Waals surface area (Å²) in [6.45, 7) is 1.43. The van der Waals surface area contributed by atoms with E-state index in [-0.39, 0.29) is 11.9 Å². The fourth-order valence-corrected chi connectivity index (χ4v) is 4.81. The number of ether oxygens (including phenoxy) is 1. The zero-order valence-corrected chi connectivity index (χ0v) is 16.3. The van der Waals surface area contributed by atoms with Gasteiger partial charge < -0.3 is 9.30 Å². The molecule has 5 heterocycles. The number of imidazole rings is 2. The topological polar surface area (TPSA) is 70.1 Å². The van der Waals surface area contributed by atoms with Gasteiger partial charge >= 0.3 is 0 Å². The number of pyridine rings is 1. The number of rotatable bonds is 3. The molecular weight excluding hydrogens is 391 g/mol. The molecule has 1 aliphatic rings. The molecule has 1 saturated heterocycles. The van der Waals surface area contributed by atoms with Gasteiger partial charge in [0.2, 0.25) is 4.96 Å². The van der Waals surface area contributed by atoms with Crippen molar-refractivity contribution in [3.8, 4) is 0 Å². The van der Waals surface area contributed by atoms with Crippen LogP contribution in [0.1, 0.15) is 30.4 Å². The van der Waals surface area contributed by atoms with E-state index in [1.54, 1.807) is 28.4 Å². The van der Waals surface area contributed by atoms with Crippen LogP contribution in [0.25, 0.3) is 26.9 Å². The molecule has 1 aliphatic heterocycles. The van der Waals surface area contributed by atoms with Crippen LogP contribution in [0.4, 0.5) is 4.39 Å². The number of nitrogens with zero attached hydrogens (tertiary/aromatic N) is 6. The van der Waals surface area contributed by atoms with Crippen molar-refractivity contribution in [3.63, 3.8) is 0 Å². The molecule has 0 atom stereocenters. The zero-order chi connectivity index (χ0) is 19.4. The first-order valence-corrected chi connectivity index (χ1v) is 10.4. The summed E-state index contributed by atoms with van der Waals surface area (Å²) in [5.41, 5.74) is 5.18. The predicted molar refractivity (Wildman–Crippen MR) is 108 cm³/mol. The van der Waals surface area contributed by atoms with E-state index in [2.05, 4.69) is 19.6 Å². The SMILES string of the molecule is Fc1ccc2ncc3nc(Cc4cn5ncsc5n4)n(C4CCOCC4)c3c2c1. The molecule has 29 heavy (non-hydrogen) atoms. The molecule has 0 aliphatic carbocycles. The maximum absolute atomic E-state index is 14.1. The minimum atomic E-state index is -0.270. The standard InChI is InChI=1S/C20H17FN6OS/c21-12-1-2-16-15(7-12)19-17(9-22-16)25-18(27(19)14-3-5-28-6-4-14)8-13-10-26-20(24-13)29-11-23-26/h1-2,7,9-11,14H,3-6,8H2. The molecule has 7 nitrogen and oxygen atoms in total. The molecule has 146 valence electrons. The number of benzene rings is 1. The number of aromatic nitrogens is 6. The van der Waals surface area contributed by atoms with Gasteiger partial charge in [-0.15, -0.1) is 0 Å². The molecule has 5 aromatic rings. The van der Waals surface area contributed by atoms with Gasteiger partial charge in [-0.1, -0.05) is 11.3 Å². The van der Waals surface area contributed by atoms with Crippen molar-refractivity contribution in [1.29, 1.82) is 0 Å². The van der Waals surface area contributed by atoms with E-state index in [4.69, 9.17) is 9.72 Å². The summed E-state index contributed by atoms with van der Waals surface area (Å²) in [6.07, 6.45) is 6.10. The number of fused-ring (bicyclic) bond motifs is 4. The first kappa shape index (κ1) is 17.0. The molecule has 1 fully saturated rings. The molecule has 0 unspecified atom stereocenters. The van der Waals surface area contributed by atoms with Gasteiger partial charge in [-0.2, -0.15) is 5.10 Å². The van der Waals surface area contributed by atoms with Gasteiger partial charge in [-0.3, -0.25) is 4.98 Å². The van der Waals surface area contributed by atoms with E-state index < -0.39 is 0 Å². The van der Waals surface area contributed by atoms with Gasteiger partial charge in [-0.05, 0) is 31.0 Å². The van der Waals surface area contributed by atoms with Crippen LogP contribution < -0.4 is 0 Å². The molecule has 4 aromatic heterocycles. The van der Waals surface area contributed by atoms with Gasteiger partial charge in [0, 0.05) is 31.1 Å². The summed E-state index contributed by atoms with van der Waals surface area (Å²) in [6, 6.07) is 4.98. The quantitative estimate of drug-likeness (QED) is 0.455. The third-order valence-electron chi connectivity index (χ3n) is 5.48. The van der Waals surface area contributed by atoms with E-state index in [1.165, 1.54) is 17.4 Å². The average molecular weight is 408 g/mol. The maximum atomic E-state index is 14.1. The number of halogens is 1. The highest BCUT2D eigenvalue weighted by atomic mass is 32.1. The van der Waals surface area contributed by atoms with E-state index in [0.29, 0.717) is 19.6 Å². The highest BCUT2D eigenvalue weighted by Crippen LogP contribution is 2.33. The van der Waals surface area contributed by atoms with Crippen LogP contribution in [0.3, 0.4) is 0 Å². The Hall–Kier alpha value is -2.91. The smallest absolute Gasteiger partial charge is 0.212 e. The Bertz CT molecular complexity index is 1320. The Morgan fingerprint density at radius 1 is 1.17 bits per heavy atom. The maximum Gasteiger partial charge on any atom is 0.212 e. The van der Waals surface area contributed by atoms with Crippen LogP contribution in [0.15, 0.2) is 36.1 Å². The van der Waals surface area contributed by atoms with Crippen molar-refractivity contribution in [3.05, 3.63) is 53.4 Å². The van der Waals surface area contributed by atoms with Gasteiger partial charge in [-0.25, -0.2) is 18.9 Å². The lowest BCUT2D eigenvalue weighted by Crippen LogP contribution is -2.21. The average Bonchev–Trinajstić information content (AvgIpc) is 3.41. The third kappa shape index (κ3) is 2.80. The van der Waals surface area contributed by atoms with Crippen LogP contribution in [-0.2, 0) is 11.2 Å². The summed E-state index contributed by atoms with van der Waals surface area (Å²) >= 11 is 1.50. The Labute approximate surface area is 168 Å². The summed E-state index contributed by atoms with van der Waals surface area (Å²) in [7, 11) is 0. The lowest BCUT2D eigenvalue weighted by atomic mass is 10.1. The second-order valence-electron chi connectivity index (χ2n) is 7.27. The number of hydrogen-bond donors (Lipinski definition) is 0. The largest absolute Gasteiger partial charge is 0.381 e. The van der Waals surface area contributed by atoms with Crippen LogP contribution in [0, 0.1) is 5.82 Å². The van der Waals surface area contributed by atoms with Crippen LogP contribution in [0.5, 0.6) is 0 Å². The van der Waals surface area contributed by atoms with Gasteiger partial charge in [0.15, 0.2) is 0 Å². The van der Waals surface area contributed by atoms with Gasteiger partial charge in [0.05, 0.1) is 29.1 Å². The highest BCUT2D eigenvalue weighted by Gasteiger charge is 2.24. The van der Waals surface area contributed by atoms with Crippen molar-refractivity contribution in [2.45, 2.75) is 25.3 Å². The molecule has 0 spiro atoms. The molecule has 0 bridgehead atoms. The van der Waals surface area contributed by atoms with Crippen molar-refractivity contribution in [1.82, 2.24) is 29.1 Å². The number of hydrogen-bond acceptors (Lipinski definition) is 6. The summed E-state index contributed by atoms with van der Waals surface area (Å²) in [5, 5.41) is 5.06. The first-order chi connectivity index (χ1) is 14.3. The highest BCUT2D eigenvalue weighted by molar-refractivity contribution is 7.14. The van der Waals surface area contributed by atoms with Crippen LogP contribution in [-0.4, -0.2) is 42.3 Å². The van der Waals surface area contributed by atoms with Gasteiger partial charge in [0.25, 0.3) is 0 Å². The third-order valence-corrected chi connectivity index (χ3v) is 6.17. The lowest BCUT2D eigenvalue weighted by molar-refractivity contribution is 0.0700. The second-order valence-corrected chi connectivity index (χ2v) is 8.08. The summed E-state index contributed by atoms with van der Waals surface area (Å²) in [5.74, 6) is 0.643.